The third-order valence-corrected chi connectivity index (χ3v) is 3.25. The Morgan fingerprint density at radius 2 is 1.78 bits per heavy atom. The van der Waals surface area contributed by atoms with E-state index in [0.29, 0.717) is 11.7 Å². The number of alkyl carbamates (subject to hydrolysis) is 1. The summed E-state index contributed by atoms with van der Waals surface area (Å²) < 4.78 is 5.15. The van der Waals surface area contributed by atoms with Gasteiger partial charge >= 0.3 is 6.09 Å². The van der Waals surface area contributed by atoms with Crippen LogP contribution in [-0.2, 0) is 9.53 Å². The van der Waals surface area contributed by atoms with E-state index >= 15 is 0 Å². The lowest BCUT2D eigenvalue weighted by molar-refractivity contribution is -0.117. The minimum Gasteiger partial charge on any atom is -0.444 e. The molecular weight excluding hydrogens is 294 g/mol. The molecule has 0 spiro atoms. The highest BCUT2D eigenvalue weighted by Crippen LogP contribution is 2.29. The SMILES string of the molecule is CC(NC(=O)OC(C)(C)C)C(=O)Nc1ccccc1NC1CC1. The maximum atomic E-state index is 12.3. The zero-order valence-corrected chi connectivity index (χ0v) is 14.1. The largest absolute Gasteiger partial charge is 0.444 e. The summed E-state index contributed by atoms with van der Waals surface area (Å²) in [5.41, 5.74) is 1.01. The van der Waals surface area contributed by atoms with Gasteiger partial charge in [-0.3, -0.25) is 4.79 Å². The Balaban J connectivity index is 1.92. The third kappa shape index (κ3) is 5.81. The molecule has 1 aliphatic rings. The molecule has 6 heteroatoms. The van der Waals surface area contributed by atoms with E-state index in [2.05, 4.69) is 16.0 Å². The highest BCUT2D eigenvalue weighted by molar-refractivity contribution is 5.98. The zero-order chi connectivity index (χ0) is 17.0. The molecule has 1 atom stereocenters. The molecule has 0 radical (unpaired) electrons. The van der Waals surface area contributed by atoms with E-state index in [0.717, 1.165) is 18.5 Å². The number of para-hydroxylation sites is 2. The van der Waals surface area contributed by atoms with Gasteiger partial charge < -0.3 is 20.7 Å². The molecule has 2 rings (SSSR count). The molecule has 1 saturated carbocycles. The van der Waals surface area contributed by atoms with Crippen molar-refractivity contribution in [1.82, 2.24) is 5.32 Å². The van der Waals surface area contributed by atoms with Gasteiger partial charge in [0.1, 0.15) is 11.6 Å². The average Bonchev–Trinajstić information content (AvgIpc) is 3.22. The molecule has 0 aliphatic heterocycles. The summed E-state index contributed by atoms with van der Waals surface area (Å²) in [7, 11) is 0. The maximum Gasteiger partial charge on any atom is 0.408 e. The molecule has 0 bridgehead atoms. The van der Waals surface area contributed by atoms with Gasteiger partial charge in [-0.25, -0.2) is 4.79 Å². The van der Waals surface area contributed by atoms with Crippen molar-refractivity contribution in [2.75, 3.05) is 10.6 Å². The van der Waals surface area contributed by atoms with Crippen LogP contribution in [0.5, 0.6) is 0 Å². The van der Waals surface area contributed by atoms with Gasteiger partial charge in [0, 0.05) is 6.04 Å². The summed E-state index contributed by atoms with van der Waals surface area (Å²) in [6, 6.07) is 7.34. The molecule has 1 unspecified atom stereocenters. The first-order valence-corrected chi connectivity index (χ1v) is 7.90. The Morgan fingerprint density at radius 3 is 2.35 bits per heavy atom. The van der Waals surface area contributed by atoms with E-state index in [-0.39, 0.29) is 5.91 Å². The fourth-order valence-electron chi connectivity index (χ4n) is 1.96. The lowest BCUT2D eigenvalue weighted by Gasteiger charge is -2.22. The van der Waals surface area contributed by atoms with Gasteiger partial charge in [0.2, 0.25) is 5.91 Å². The first kappa shape index (κ1) is 17.1. The normalized spacial score (nSPS) is 15.5. The van der Waals surface area contributed by atoms with Crippen LogP contribution in [0.3, 0.4) is 0 Å². The molecule has 126 valence electrons. The van der Waals surface area contributed by atoms with Crippen molar-refractivity contribution >= 4 is 23.4 Å². The Morgan fingerprint density at radius 1 is 1.17 bits per heavy atom. The standard InChI is InChI=1S/C17H25N3O3/c1-11(18-16(22)23-17(2,3)4)15(21)20-14-8-6-5-7-13(14)19-12-9-10-12/h5-8,11-12,19H,9-10H2,1-4H3,(H,18,22)(H,20,21). The first-order valence-electron chi connectivity index (χ1n) is 7.90. The number of anilines is 2. The molecule has 1 aromatic carbocycles. The maximum absolute atomic E-state index is 12.3. The van der Waals surface area contributed by atoms with Crippen LogP contribution in [0, 0.1) is 0 Å². The number of hydrogen-bond donors (Lipinski definition) is 3. The van der Waals surface area contributed by atoms with Gasteiger partial charge in [-0.15, -0.1) is 0 Å². The van der Waals surface area contributed by atoms with Crippen LogP contribution in [0.2, 0.25) is 0 Å². The molecule has 1 aromatic rings. The molecule has 1 fully saturated rings. The second-order valence-electron chi connectivity index (χ2n) is 6.82. The molecule has 0 heterocycles. The van der Waals surface area contributed by atoms with E-state index < -0.39 is 17.7 Å². The summed E-state index contributed by atoms with van der Waals surface area (Å²) in [5, 5.41) is 8.75. The third-order valence-electron chi connectivity index (χ3n) is 3.25. The highest BCUT2D eigenvalue weighted by Gasteiger charge is 2.24. The van der Waals surface area contributed by atoms with Crippen molar-refractivity contribution in [3.8, 4) is 0 Å². The monoisotopic (exact) mass is 319 g/mol. The predicted octanol–water partition coefficient (Wildman–Crippen LogP) is 3.11. The van der Waals surface area contributed by atoms with Crippen molar-refractivity contribution in [3.05, 3.63) is 24.3 Å². The fourth-order valence-corrected chi connectivity index (χ4v) is 1.96. The summed E-state index contributed by atoms with van der Waals surface area (Å²) in [4.78, 5) is 24.0. The number of carbonyl (C=O) groups excluding carboxylic acids is 2. The quantitative estimate of drug-likeness (QED) is 0.779. The van der Waals surface area contributed by atoms with Gasteiger partial charge in [0.25, 0.3) is 0 Å². The summed E-state index contributed by atoms with van der Waals surface area (Å²) in [5.74, 6) is -0.291. The lowest BCUT2D eigenvalue weighted by atomic mass is 10.2. The molecule has 0 aromatic heterocycles. The minimum atomic E-state index is -0.696. The Kier molecular flexibility index (Phi) is 5.13. The van der Waals surface area contributed by atoms with Crippen LogP contribution in [0.15, 0.2) is 24.3 Å². The zero-order valence-electron chi connectivity index (χ0n) is 14.1. The second kappa shape index (κ2) is 6.89. The van der Waals surface area contributed by atoms with Gasteiger partial charge in [-0.1, -0.05) is 12.1 Å². The number of carbonyl (C=O) groups is 2. The molecule has 3 N–H and O–H groups in total. The van der Waals surface area contributed by atoms with E-state index in [1.54, 1.807) is 27.7 Å². The number of amides is 2. The second-order valence-corrected chi connectivity index (χ2v) is 6.82. The van der Waals surface area contributed by atoms with Crippen molar-refractivity contribution in [2.45, 2.75) is 58.2 Å². The van der Waals surface area contributed by atoms with Crippen LogP contribution >= 0.6 is 0 Å². The van der Waals surface area contributed by atoms with Gasteiger partial charge in [-0.05, 0) is 52.7 Å². The molecule has 0 saturated heterocycles. The fraction of sp³-hybridized carbons (Fsp3) is 0.529. The topological polar surface area (TPSA) is 79.5 Å². The Labute approximate surface area is 137 Å². The highest BCUT2D eigenvalue weighted by atomic mass is 16.6. The smallest absolute Gasteiger partial charge is 0.408 e. The van der Waals surface area contributed by atoms with E-state index in [1.807, 2.05) is 24.3 Å². The summed E-state index contributed by atoms with van der Waals surface area (Å²) in [6.45, 7) is 6.95. The number of nitrogens with one attached hydrogen (secondary N) is 3. The molecule has 1 aliphatic carbocycles. The van der Waals surface area contributed by atoms with Crippen LogP contribution in [0.1, 0.15) is 40.5 Å². The average molecular weight is 319 g/mol. The number of rotatable bonds is 5. The summed E-state index contributed by atoms with van der Waals surface area (Å²) in [6.07, 6.45) is 1.70. The molecular formula is C17H25N3O3. The van der Waals surface area contributed by atoms with Crippen LogP contribution in [0.4, 0.5) is 16.2 Å². The predicted molar refractivity (Wildman–Crippen MR) is 90.5 cm³/mol. The minimum absolute atomic E-state index is 0.291. The van der Waals surface area contributed by atoms with Crippen LogP contribution in [-0.4, -0.2) is 29.7 Å². The Bertz CT molecular complexity index is 577. The van der Waals surface area contributed by atoms with E-state index in [4.69, 9.17) is 4.74 Å². The molecule has 23 heavy (non-hydrogen) atoms. The first-order chi connectivity index (χ1) is 10.7. The molecule has 2 amide bonds. The number of hydrogen-bond acceptors (Lipinski definition) is 4. The molecule has 6 nitrogen and oxygen atoms in total. The van der Waals surface area contributed by atoms with Gasteiger partial charge in [0.15, 0.2) is 0 Å². The van der Waals surface area contributed by atoms with Crippen molar-refractivity contribution in [1.29, 1.82) is 0 Å². The van der Waals surface area contributed by atoms with E-state index in [1.165, 1.54) is 0 Å². The number of ether oxygens (including phenoxy) is 1. The van der Waals surface area contributed by atoms with Crippen molar-refractivity contribution in [2.24, 2.45) is 0 Å². The van der Waals surface area contributed by atoms with Gasteiger partial charge in [0.05, 0.1) is 11.4 Å². The summed E-state index contributed by atoms with van der Waals surface area (Å²) >= 11 is 0. The van der Waals surface area contributed by atoms with Crippen molar-refractivity contribution in [3.63, 3.8) is 0 Å². The Hall–Kier alpha value is -2.24. The van der Waals surface area contributed by atoms with E-state index in [9.17, 15) is 9.59 Å². The number of benzene rings is 1. The van der Waals surface area contributed by atoms with Crippen LogP contribution < -0.4 is 16.0 Å². The lowest BCUT2D eigenvalue weighted by Crippen LogP contribution is -2.44. The van der Waals surface area contributed by atoms with Crippen LogP contribution in [0.25, 0.3) is 0 Å². The van der Waals surface area contributed by atoms with Gasteiger partial charge in [-0.2, -0.15) is 0 Å². The van der Waals surface area contributed by atoms with Crippen molar-refractivity contribution < 1.29 is 14.3 Å².